The van der Waals surface area contributed by atoms with E-state index in [4.69, 9.17) is 9.98 Å². The number of hydrogen-bond acceptors (Lipinski definition) is 7. The molecule has 4 N–H and O–H groups in total. The van der Waals surface area contributed by atoms with Gasteiger partial charge in [-0.3, -0.25) is 4.98 Å². The van der Waals surface area contributed by atoms with Crippen LogP contribution in [0, 0.1) is 0 Å². The number of rotatable bonds is 5. The average Bonchev–Trinajstić information content (AvgIpc) is 3.47. The molecule has 34 heavy (non-hydrogen) atoms. The van der Waals surface area contributed by atoms with Crippen molar-refractivity contribution >= 4 is 28.4 Å². The van der Waals surface area contributed by atoms with Gasteiger partial charge in [-0.25, -0.2) is 9.79 Å². The Morgan fingerprint density at radius 3 is 2.79 bits per heavy atom. The number of imidazole rings is 1. The minimum Gasteiger partial charge on any atom is -0.493 e. The van der Waals surface area contributed by atoms with Gasteiger partial charge in [0.25, 0.3) is 5.62 Å². The van der Waals surface area contributed by atoms with Crippen LogP contribution in [0.2, 0.25) is 0 Å². The zero-order valence-corrected chi connectivity index (χ0v) is 18.4. The molecular formula is C24H22N8O2. The van der Waals surface area contributed by atoms with Crippen LogP contribution in [0.25, 0.3) is 22.5 Å². The molecule has 3 heterocycles. The third kappa shape index (κ3) is 3.68. The Bertz CT molecular complexity index is 1710. The standard InChI is InChI=1S/C24H22N8O2/c1-13(17-8-4-6-14-5-2-3-7-18(14)17)26-22-29-20-15(11-19-21(33)30-24(34)28-19)12-25-32(20)23(31-22)27-16-9-10-16/h2-8,11-13,16,33H,9-10H2,1H3,(H,26,27,31)(H2,28,30,34)/b15-11+/t13-/m0/s1. The molecular weight excluding hydrogens is 432 g/mol. The molecule has 10 heteroatoms. The lowest BCUT2D eigenvalue weighted by molar-refractivity contribution is 0.454. The van der Waals surface area contributed by atoms with Gasteiger partial charge in [-0.2, -0.15) is 19.6 Å². The summed E-state index contributed by atoms with van der Waals surface area (Å²) >= 11 is 0. The molecule has 0 amide bonds. The Kier molecular flexibility index (Phi) is 4.65. The summed E-state index contributed by atoms with van der Waals surface area (Å²) in [6.07, 6.45) is 5.28. The molecule has 0 spiro atoms. The molecule has 0 aliphatic heterocycles. The number of aromatic hydroxyl groups is 1. The Labute approximate surface area is 192 Å². The van der Waals surface area contributed by atoms with E-state index in [1.807, 2.05) is 18.2 Å². The van der Waals surface area contributed by atoms with Gasteiger partial charge < -0.3 is 15.4 Å². The van der Waals surface area contributed by atoms with E-state index >= 15 is 0 Å². The maximum atomic E-state index is 11.5. The fourth-order valence-electron chi connectivity index (χ4n) is 4.04. The van der Waals surface area contributed by atoms with Gasteiger partial charge in [0.1, 0.15) is 5.69 Å². The second kappa shape index (κ2) is 7.84. The van der Waals surface area contributed by atoms with E-state index in [1.165, 1.54) is 10.8 Å². The number of aromatic nitrogens is 6. The summed E-state index contributed by atoms with van der Waals surface area (Å²) in [5, 5.41) is 20.7. The fraction of sp³-hybridized carbons (Fsp3) is 0.208. The number of nitrogens with zero attached hydrogens (tertiary/aromatic N) is 5. The molecule has 1 atom stereocenters. The van der Waals surface area contributed by atoms with Crippen LogP contribution in [0.1, 0.15) is 37.1 Å². The fourth-order valence-corrected chi connectivity index (χ4v) is 4.04. The maximum Gasteiger partial charge on any atom is 0.326 e. The maximum absolute atomic E-state index is 11.5. The van der Waals surface area contributed by atoms with E-state index in [0.717, 1.165) is 18.4 Å². The summed E-state index contributed by atoms with van der Waals surface area (Å²) in [6.45, 7) is 2.07. The predicted octanol–water partition coefficient (Wildman–Crippen LogP) is 1.78. The zero-order chi connectivity index (χ0) is 23.2. The summed E-state index contributed by atoms with van der Waals surface area (Å²) in [5.74, 6) is 0.179. The lowest BCUT2D eigenvalue weighted by Crippen LogP contribution is -2.25. The van der Waals surface area contributed by atoms with Gasteiger partial charge in [-0.05, 0) is 42.2 Å². The van der Waals surface area contributed by atoms with Gasteiger partial charge in [0, 0.05) is 5.22 Å². The van der Waals surface area contributed by atoms with E-state index < -0.39 is 5.69 Å². The molecule has 3 aromatic heterocycles. The van der Waals surface area contributed by atoms with Gasteiger partial charge in [0.15, 0.2) is 5.65 Å². The van der Waals surface area contributed by atoms with Crippen LogP contribution in [-0.2, 0) is 0 Å². The normalized spacial score (nSPS) is 15.9. The summed E-state index contributed by atoms with van der Waals surface area (Å²) in [6, 6.07) is 14.7. The minimum absolute atomic E-state index is 0.0669. The van der Waals surface area contributed by atoms with Crippen molar-refractivity contribution in [2.75, 3.05) is 5.32 Å². The highest BCUT2D eigenvalue weighted by atomic mass is 16.3. The molecule has 1 aliphatic carbocycles. The molecule has 0 radical (unpaired) electrons. The van der Waals surface area contributed by atoms with E-state index in [1.54, 1.807) is 16.8 Å². The van der Waals surface area contributed by atoms with Crippen LogP contribution in [0.5, 0.6) is 5.88 Å². The van der Waals surface area contributed by atoms with Crippen LogP contribution in [0.4, 0.5) is 5.95 Å². The highest BCUT2D eigenvalue weighted by molar-refractivity contribution is 5.86. The molecule has 1 fully saturated rings. The van der Waals surface area contributed by atoms with Gasteiger partial charge in [-0.15, -0.1) is 0 Å². The number of nitrogens with one attached hydrogen (secondary N) is 3. The first kappa shape index (κ1) is 20.2. The molecule has 170 valence electrons. The third-order valence-corrected chi connectivity index (χ3v) is 5.89. The molecule has 5 aromatic rings. The molecule has 2 aromatic carbocycles. The van der Waals surface area contributed by atoms with E-state index in [-0.39, 0.29) is 23.7 Å². The van der Waals surface area contributed by atoms with Crippen molar-refractivity contribution in [1.29, 1.82) is 0 Å². The molecule has 1 saturated carbocycles. The van der Waals surface area contributed by atoms with E-state index in [9.17, 15) is 9.90 Å². The van der Waals surface area contributed by atoms with Gasteiger partial charge in [-0.1, -0.05) is 42.5 Å². The zero-order valence-electron chi connectivity index (χ0n) is 18.4. The summed E-state index contributed by atoms with van der Waals surface area (Å²) in [7, 11) is 0. The van der Waals surface area contributed by atoms with E-state index in [2.05, 4.69) is 56.6 Å². The van der Waals surface area contributed by atoms with Crippen molar-refractivity contribution < 1.29 is 5.11 Å². The van der Waals surface area contributed by atoms with Crippen LogP contribution < -0.4 is 21.8 Å². The monoisotopic (exact) mass is 454 g/mol. The van der Waals surface area contributed by atoms with Crippen molar-refractivity contribution in [3.8, 4) is 5.88 Å². The molecule has 10 nitrogen and oxygen atoms in total. The van der Waals surface area contributed by atoms with Gasteiger partial charge in [0.2, 0.25) is 11.8 Å². The summed E-state index contributed by atoms with van der Waals surface area (Å²) in [4.78, 5) is 30.5. The Hall–Kier alpha value is -4.47. The van der Waals surface area contributed by atoms with Crippen molar-refractivity contribution in [2.45, 2.75) is 31.8 Å². The second-order valence-corrected chi connectivity index (χ2v) is 8.46. The number of H-pyrrole nitrogens is 2. The summed E-state index contributed by atoms with van der Waals surface area (Å²) in [5.41, 5.74) is 1.87. The first-order valence-corrected chi connectivity index (χ1v) is 11.1. The smallest absolute Gasteiger partial charge is 0.326 e. The van der Waals surface area contributed by atoms with Crippen molar-refractivity contribution in [3.05, 3.63) is 81.2 Å². The second-order valence-electron chi connectivity index (χ2n) is 8.46. The SMILES string of the molecule is C[C@H](Nc1nc(=NC2CC2)n2nc/c(=C\c3[nH]c(=O)[nH]c3O)c2n1)c1cccc2ccccc12. The van der Waals surface area contributed by atoms with Crippen LogP contribution >= 0.6 is 0 Å². The number of aromatic amines is 2. The van der Waals surface area contributed by atoms with Crippen molar-refractivity contribution in [2.24, 2.45) is 4.99 Å². The van der Waals surface area contributed by atoms with Crippen molar-refractivity contribution in [1.82, 2.24) is 29.5 Å². The molecule has 1 aliphatic rings. The highest BCUT2D eigenvalue weighted by Gasteiger charge is 2.21. The number of fused-ring (bicyclic) bond motifs is 2. The van der Waals surface area contributed by atoms with Crippen LogP contribution in [0.3, 0.4) is 0 Å². The molecule has 6 rings (SSSR count). The topological polar surface area (TPSA) is 136 Å². The summed E-state index contributed by atoms with van der Waals surface area (Å²) < 4.78 is 1.58. The van der Waals surface area contributed by atoms with Gasteiger partial charge >= 0.3 is 5.69 Å². The Balaban J connectivity index is 1.47. The largest absolute Gasteiger partial charge is 0.493 e. The third-order valence-electron chi connectivity index (χ3n) is 5.89. The first-order valence-electron chi connectivity index (χ1n) is 11.1. The molecule has 0 unspecified atom stereocenters. The highest BCUT2D eigenvalue weighted by Crippen LogP contribution is 2.26. The number of benzene rings is 2. The lowest BCUT2D eigenvalue weighted by atomic mass is 10.00. The molecule has 0 saturated heterocycles. The van der Waals surface area contributed by atoms with Crippen molar-refractivity contribution in [3.63, 3.8) is 0 Å². The lowest BCUT2D eigenvalue weighted by Gasteiger charge is -2.16. The quantitative estimate of drug-likeness (QED) is 0.320. The first-order chi connectivity index (χ1) is 16.5. The number of hydrogen-bond donors (Lipinski definition) is 4. The Morgan fingerprint density at radius 2 is 2.00 bits per heavy atom. The van der Waals surface area contributed by atoms with Gasteiger partial charge in [0.05, 0.1) is 18.3 Å². The average molecular weight is 454 g/mol. The number of anilines is 1. The van der Waals surface area contributed by atoms with Crippen LogP contribution in [0.15, 0.2) is 58.4 Å². The van der Waals surface area contributed by atoms with E-state index in [0.29, 0.717) is 22.4 Å². The van der Waals surface area contributed by atoms with Crippen LogP contribution in [-0.4, -0.2) is 40.7 Å². The minimum atomic E-state index is -0.495. The Morgan fingerprint density at radius 1 is 1.18 bits per heavy atom. The predicted molar refractivity (Wildman–Crippen MR) is 127 cm³/mol. The molecule has 0 bridgehead atoms.